The van der Waals surface area contributed by atoms with Crippen molar-refractivity contribution in [3.63, 3.8) is 0 Å². The van der Waals surface area contributed by atoms with E-state index < -0.39 is 0 Å². The zero-order chi connectivity index (χ0) is 15.9. The zero-order valence-corrected chi connectivity index (χ0v) is 14.9. The second kappa shape index (κ2) is 6.50. The van der Waals surface area contributed by atoms with E-state index in [1.807, 2.05) is 0 Å². The van der Waals surface area contributed by atoms with Crippen molar-refractivity contribution in [1.29, 1.82) is 0 Å². The van der Waals surface area contributed by atoms with Crippen molar-refractivity contribution in [3.05, 3.63) is 62.1 Å². The van der Waals surface area contributed by atoms with Gasteiger partial charge in [0.15, 0.2) is 0 Å². The summed E-state index contributed by atoms with van der Waals surface area (Å²) in [6.07, 6.45) is 0. The van der Waals surface area contributed by atoms with Gasteiger partial charge in [-0.1, -0.05) is 52.5 Å². The average Bonchev–Trinajstić information content (AvgIpc) is 2.79. The lowest BCUT2D eigenvalue weighted by Crippen LogP contribution is -2.28. The van der Waals surface area contributed by atoms with E-state index in [9.17, 15) is 4.79 Å². The molecule has 0 aromatic heterocycles. The van der Waals surface area contributed by atoms with Crippen molar-refractivity contribution in [1.82, 2.24) is 0 Å². The van der Waals surface area contributed by atoms with Gasteiger partial charge >= 0.3 is 0 Å². The van der Waals surface area contributed by atoms with E-state index in [4.69, 9.17) is 46.4 Å². The molecule has 3 rings (SSSR count). The summed E-state index contributed by atoms with van der Waals surface area (Å²) in [5.74, 6) is 0.306. The van der Waals surface area contributed by atoms with Gasteiger partial charge in [0.05, 0.1) is 5.75 Å². The van der Waals surface area contributed by atoms with Crippen LogP contribution < -0.4 is 4.90 Å². The third-order valence-electron chi connectivity index (χ3n) is 3.24. The summed E-state index contributed by atoms with van der Waals surface area (Å²) in [5, 5.41) is 1.69. The third kappa shape index (κ3) is 3.06. The first-order valence-electron chi connectivity index (χ1n) is 6.31. The number of nitrogens with zero attached hydrogens (tertiary/aromatic N) is 1. The number of benzene rings is 2. The van der Waals surface area contributed by atoms with Crippen molar-refractivity contribution >= 4 is 69.8 Å². The van der Waals surface area contributed by atoms with E-state index in [1.165, 1.54) is 11.8 Å². The predicted octanol–water partition coefficient (Wildman–Crippen LogP) is 6.08. The molecule has 1 aliphatic heterocycles. The summed E-state index contributed by atoms with van der Waals surface area (Å²) in [6, 6.07) is 10.3. The number of rotatable bonds is 2. The first-order valence-corrected chi connectivity index (χ1v) is 8.87. The Morgan fingerprint density at radius 2 is 1.59 bits per heavy atom. The fourth-order valence-electron chi connectivity index (χ4n) is 2.34. The average molecular weight is 393 g/mol. The fourth-order valence-corrected chi connectivity index (χ4v) is 4.84. The number of hydrogen-bond acceptors (Lipinski definition) is 2. The first kappa shape index (κ1) is 16.3. The lowest BCUT2D eigenvalue weighted by Gasteiger charge is -2.26. The molecule has 0 bridgehead atoms. The van der Waals surface area contributed by atoms with Crippen LogP contribution >= 0.6 is 58.2 Å². The van der Waals surface area contributed by atoms with Gasteiger partial charge < -0.3 is 0 Å². The molecular formula is C15H9Cl4NOS. The SMILES string of the molecule is O=C1CSC(c2c(Cl)cccc2Cl)N1c1cc(Cl)cc(Cl)c1. The number of amides is 1. The highest BCUT2D eigenvalue weighted by atomic mass is 35.5. The number of carbonyl (C=O) groups is 1. The summed E-state index contributed by atoms with van der Waals surface area (Å²) in [7, 11) is 0. The predicted molar refractivity (Wildman–Crippen MR) is 95.6 cm³/mol. The topological polar surface area (TPSA) is 20.3 Å². The van der Waals surface area contributed by atoms with Crippen LogP contribution in [0.4, 0.5) is 5.69 Å². The van der Waals surface area contributed by atoms with Crippen molar-refractivity contribution in [2.75, 3.05) is 10.7 Å². The van der Waals surface area contributed by atoms with Crippen LogP contribution in [0.1, 0.15) is 10.9 Å². The summed E-state index contributed by atoms with van der Waals surface area (Å²) in [6.45, 7) is 0. The van der Waals surface area contributed by atoms with Crippen molar-refractivity contribution < 1.29 is 4.79 Å². The van der Waals surface area contributed by atoms with Crippen LogP contribution in [0.3, 0.4) is 0 Å². The number of hydrogen-bond donors (Lipinski definition) is 0. The molecule has 2 nitrogen and oxygen atoms in total. The highest BCUT2D eigenvalue weighted by Gasteiger charge is 2.36. The number of carbonyl (C=O) groups excluding carboxylic acids is 1. The van der Waals surface area contributed by atoms with E-state index in [1.54, 1.807) is 41.3 Å². The monoisotopic (exact) mass is 391 g/mol. The maximum absolute atomic E-state index is 12.3. The second-order valence-corrected chi connectivity index (χ2v) is 7.45. The van der Waals surface area contributed by atoms with E-state index in [-0.39, 0.29) is 11.3 Å². The van der Waals surface area contributed by atoms with Gasteiger partial charge in [0.2, 0.25) is 5.91 Å². The molecule has 1 unspecified atom stereocenters. The molecule has 0 spiro atoms. The zero-order valence-electron chi connectivity index (χ0n) is 11.0. The minimum Gasteiger partial charge on any atom is -0.295 e. The lowest BCUT2D eigenvalue weighted by molar-refractivity contribution is -0.115. The van der Waals surface area contributed by atoms with Crippen LogP contribution in [0, 0.1) is 0 Å². The van der Waals surface area contributed by atoms with Crippen molar-refractivity contribution in [2.24, 2.45) is 0 Å². The molecule has 1 fully saturated rings. The van der Waals surface area contributed by atoms with Gasteiger partial charge in [0.25, 0.3) is 0 Å². The van der Waals surface area contributed by atoms with Gasteiger partial charge in [0.1, 0.15) is 5.37 Å². The normalized spacial score (nSPS) is 18.1. The van der Waals surface area contributed by atoms with E-state index >= 15 is 0 Å². The fraction of sp³-hybridized carbons (Fsp3) is 0.133. The molecule has 0 saturated carbocycles. The maximum atomic E-state index is 12.3. The Balaban J connectivity index is 2.10. The van der Waals surface area contributed by atoms with E-state index in [2.05, 4.69) is 0 Å². The van der Waals surface area contributed by atoms with Crippen LogP contribution in [0.25, 0.3) is 0 Å². The molecule has 2 aromatic carbocycles. The molecule has 2 aromatic rings. The molecular weight excluding hydrogens is 384 g/mol. The first-order chi connectivity index (χ1) is 10.5. The van der Waals surface area contributed by atoms with Gasteiger partial charge in [-0.3, -0.25) is 9.69 Å². The van der Waals surface area contributed by atoms with Crippen LogP contribution in [0.15, 0.2) is 36.4 Å². The standard InChI is InChI=1S/C15H9Cl4NOS/c16-8-4-9(17)6-10(5-8)20-13(21)7-22-15(20)14-11(18)2-1-3-12(14)19/h1-6,15H,7H2. The summed E-state index contributed by atoms with van der Waals surface area (Å²) >= 11 is 26.1. The van der Waals surface area contributed by atoms with Gasteiger partial charge in [-0.2, -0.15) is 0 Å². The largest absolute Gasteiger partial charge is 0.295 e. The highest BCUT2D eigenvalue weighted by Crippen LogP contribution is 2.47. The maximum Gasteiger partial charge on any atom is 0.238 e. The molecule has 22 heavy (non-hydrogen) atoms. The minimum atomic E-state index is -0.303. The molecule has 114 valence electrons. The lowest BCUT2D eigenvalue weighted by atomic mass is 10.2. The van der Waals surface area contributed by atoms with Crippen LogP contribution in [-0.2, 0) is 4.79 Å². The molecule has 1 saturated heterocycles. The van der Waals surface area contributed by atoms with Crippen molar-refractivity contribution in [2.45, 2.75) is 5.37 Å². The third-order valence-corrected chi connectivity index (χ3v) is 5.51. The number of anilines is 1. The van der Waals surface area contributed by atoms with Crippen LogP contribution in [-0.4, -0.2) is 11.7 Å². The second-order valence-electron chi connectivity index (χ2n) is 4.69. The minimum absolute atomic E-state index is 0.0377. The Labute approximate surface area is 152 Å². The Morgan fingerprint density at radius 1 is 1.00 bits per heavy atom. The Bertz CT molecular complexity index is 712. The van der Waals surface area contributed by atoms with Gasteiger partial charge in [-0.25, -0.2) is 0 Å². The molecule has 1 amide bonds. The van der Waals surface area contributed by atoms with Crippen LogP contribution in [0.2, 0.25) is 20.1 Å². The van der Waals surface area contributed by atoms with Gasteiger partial charge in [0, 0.05) is 31.3 Å². The number of halogens is 4. The van der Waals surface area contributed by atoms with Crippen LogP contribution in [0.5, 0.6) is 0 Å². The summed E-state index contributed by atoms with van der Waals surface area (Å²) in [4.78, 5) is 14.0. The molecule has 1 atom stereocenters. The molecule has 1 heterocycles. The summed E-state index contributed by atoms with van der Waals surface area (Å²) < 4.78 is 0. The molecule has 0 aliphatic carbocycles. The van der Waals surface area contributed by atoms with E-state index in [0.29, 0.717) is 31.5 Å². The Morgan fingerprint density at radius 3 is 2.18 bits per heavy atom. The quantitative estimate of drug-likeness (QED) is 0.617. The smallest absolute Gasteiger partial charge is 0.238 e. The van der Waals surface area contributed by atoms with Gasteiger partial charge in [-0.15, -0.1) is 11.8 Å². The molecule has 0 radical (unpaired) electrons. The molecule has 0 N–H and O–H groups in total. The molecule has 7 heteroatoms. The highest BCUT2D eigenvalue weighted by molar-refractivity contribution is 8.00. The Hall–Kier alpha value is -0.580. The Kier molecular flexibility index (Phi) is 4.81. The number of thioether (sulfide) groups is 1. The van der Waals surface area contributed by atoms with Crippen molar-refractivity contribution in [3.8, 4) is 0 Å². The van der Waals surface area contributed by atoms with E-state index in [0.717, 1.165) is 5.56 Å². The van der Waals surface area contributed by atoms with Gasteiger partial charge in [-0.05, 0) is 30.3 Å². The summed E-state index contributed by atoms with van der Waals surface area (Å²) in [5.41, 5.74) is 1.35. The molecule has 1 aliphatic rings.